The molecule has 1 unspecified atom stereocenters. The summed E-state index contributed by atoms with van der Waals surface area (Å²) in [5, 5.41) is 12.0. The first-order valence-electron chi connectivity index (χ1n) is 6.14. The Morgan fingerprint density at radius 3 is 2.58 bits per heavy atom. The number of aliphatic hydroxyl groups excluding tert-OH is 1. The third-order valence-corrected chi connectivity index (χ3v) is 3.37. The van der Waals surface area contributed by atoms with Crippen molar-refractivity contribution in [2.75, 3.05) is 20.3 Å². The molecule has 0 heterocycles. The highest BCUT2D eigenvalue weighted by atomic mass is 79.9. The first-order valence-corrected chi connectivity index (χ1v) is 6.93. The van der Waals surface area contributed by atoms with E-state index in [4.69, 9.17) is 9.84 Å². The van der Waals surface area contributed by atoms with Crippen LogP contribution in [0.1, 0.15) is 18.9 Å². The van der Waals surface area contributed by atoms with Gasteiger partial charge in [-0.2, -0.15) is 0 Å². The van der Waals surface area contributed by atoms with E-state index < -0.39 is 5.54 Å². The molecule has 0 spiro atoms. The number of hydrogen-bond acceptors (Lipinski definition) is 3. The lowest BCUT2D eigenvalue weighted by Gasteiger charge is -2.29. The summed E-state index contributed by atoms with van der Waals surface area (Å²) in [6, 6.07) is 7.63. The Bertz CT molecular complexity index is 400. The van der Waals surface area contributed by atoms with E-state index in [1.165, 1.54) is 0 Å². The highest BCUT2D eigenvalue weighted by molar-refractivity contribution is 9.10. The number of carbonyl (C=O) groups is 1. The van der Waals surface area contributed by atoms with Gasteiger partial charge in [-0.15, -0.1) is 0 Å². The van der Waals surface area contributed by atoms with Crippen LogP contribution in [0.5, 0.6) is 0 Å². The largest absolute Gasteiger partial charge is 0.396 e. The number of benzene rings is 1. The van der Waals surface area contributed by atoms with Crippen molar-refractivity contribution < 1.29 is 14.6 Å². The van der Waals surface area contributed by atoms with Gasteiger partial charge in [-0.05, 0) is 31.0 Å². The predicted molar refractivity (Wildman–Crippen MR) is 78.0 cm³/mol. The van der Waals surface area contributed by atoms with Crippen LogP contribution in [0.25, 0.3) is 0 Å². The van der Waals surface area contributed by atoms with Crippen LogP contribution in [-0.2, 0) is 16.0 Å². The Hall–Kier alpha value is -0.910. The maximum atomic E-state index is 12.0. The quantitative estimate of drug-likeness (QED) is 0.803. The average Bonchev–Trinajstić information content (AvgIpc) is 2.32. The molecule has 5 heteroatoms. The molecule has 4 nitrogen and oxygen atoms in total. The molecule has 1 rings (SSSR count). The summed E-state index contributed by atoms with van der Waals surface area (Å²) >= 11 is 3.36. The molecule has 0 radical (unpaired) electrons. The Kier molecular flexibility index (Phi) is 6.48. The summed E-state index contributed by atoms with van der Waals surface area (Å²) in [5.74, 6) is -0.0738. The van der Waals surface area contributed by atoms with Gasteiger partial charge in [0.25, 0.3) is 0 Å². The van der Waals surface area contributed by atoms with Crippen LogP contribution < -0.4 is 5.32 Å². The monoisotopic (exact) mass is 329 g/mol. The zero-order valence-corrected chi connectivity index (χ0v) is 12.9. The van der Waals surface area contributed by atoms with Crippen LogP contribution in [0.15, 0.2) is 28.7 Å². The first-order chi connectivity index (χ1) is 8.99. The second-order valence-electron chi connectivity index (χ2n) is 4.82. The van der Waals surface area contributed by atoms with Crippen molar-refractivity contribution in [3.05, 3.63) is 34.3 Å². The van der Waals surface area contributed by atoms with Crippen LogP contribution in [0.2, 0.25) is 0 Å². The number of nitrogens with one attached hydrogen (secondary N) is 1. The molecule has 1 amide bonds. The highest BCUT2D eigenvalue weighted by Crippen LogP contribution is 2.13. The summed E-state index contributed by atoms with van der Waals surface area (Å²) in [5.41, 5.74) is 0.417. The summed E-state index contributed by atoms with van der Waals surface area (Å²) in [6.45, 7) is 2.25. The zero-order chi connectivity index (χ0) is 14.3. The number of carbonyl (C=O) groups excluding carboxylic acids is 1. The van der Waals surface area contributed by atoms with Gasteiger partial charge in [0.05, 0.1) is 18.6 Å². The van der Waals surface area contributed by atoms with Gasteiger partial charge < -0.3 is 15.2 Å². The molecule has 106 valence electrons. The molecule has 1 aromatic rings. The van der Waals surface area contributed by atoms with E-state index in [0.717, 1.165) is 10.0 Å². The molecule has 0 aliphatic heterocycles. The number of aliphatic hydroxyl groups is 1. The van der Waals surface area contributed by atoms with Crippen LogP contribution >= 0.6 is 15.9 Å². The fourth-order valence-electron chi connectivity index (χ4n) is 1.90. The smallest absolute Gasteiger partial charge is 0.224 e. The number of hydrogen-bond donors (Lipinski definition) is 2. The van der Waals surface area contributed by atoms with E-state index in [9.17, 15) is 4.79 Å². The molecule has 0 saturated heterocycles. The molecule has 0 aromatic heterocycles. The predicted octanol–water partition coefficient (Wildman–Crippen LogP) is 1.90. The molecule has 19 heavy (non-hydrogen) atoms. The van der Waals surface area contributed by atoms with Gasteiger partial charge in [-0.25, -0.2) is 0 Å². The zero-order valence-electron chi connectivity index (χ0n) is 11.3. The number of methoxy groups -OCH3 is 1. The number of halogens is 1. The summed E-state index contributed by atoms with van der Waals surface area (Å²) in [7, 11) is 1.58. The van der Waals surface area contributed by atoms with Gasteiger partial charge in [-0.3, -0.25) is 4.79 Å². The van der Waals surface area contributed by atoms with E-state index >= 15 is 0 Å². The van der Waals surface area contributed by atoms with Gasteiger partial charge in [0, 0.05) is 18.2 Å². The Morgan fingerprint density at radius 2 is 2.05 bits per heavy atom. The number of ether oxygens (including phenoxy) is 1. The van der Waals surface area contributed by atoms with Gasteiger partial charge in [0.1, 0.15) is 0 Å². The molecule has 0 fully saturated rings. The van der Waals surface area contributed by atoms with Gasteiger partial charge in [-0.1, -0.05) is 28.1 Å². The minimum atomic E-state index is -0.532. The summed E-state index contributed by atoms with van der Waals surface area (Å²) in [4.78, 5) is 12.0. The lowest BCUT2D eigenvalue weighted by atomic mass is 9.98. The second-order valence-corrected chi connectivity index (χ2v) is 5.73. The van der Waals surface area contributed by atoms with E-state index in [-0.39, 0.29) is 12.5 Å². The molecular weight excluding hydrogens is 310 g/mol. The molecular formula is C14H20BrNO3. The average molecular weight is 330 g/mol. The van der Waals surface area contributed by atoms with Crippen molar-refractivity contribution in [3.63, 3.8) is 0 Å². The van der Waals surface area contributed by atoms with E-state index in [0.29, 0.717) is 19.4 Å². The summed E-state index contributed by atoms with van der Waals surface area (Å²) < 4.78 is 6.08. The van der Waals surface area contributed by atoms with Gasteiger partial charge >= 0.3 is 0 Å². The van der Waals surface area contributed by atoms with Crippen molar-refractivity contribution in [1.82, 2.24) is 5.32 Å². The molecule has 2 N–H and O–H groups in total. The third-order valence-electron chi connectivity index (χ3n) is 2.85. The molecule has 1 aromatic carbocycles. The minimum Gasteiger partial charge on any atom is -0.396 e. The van der Waals surface area contributed by atoms with E-state index in [2.05, 4.69) is 21.2 Å². The maximum absolute atomic E-state index is 12.0. The van der Waals surface area contributed by atoms with Crippen LogP contribution in [0.4, 0.5) is 0 Å². The van der Waals surface area contributed by atoms with E-state index in [1.54, 1.807) is 7.11 Å². The van der Waals surface area contributed by atoms with Crippen LogP contribution in [0, 0.1) is 0 Å². The first kappa shape index (κ1) is 16.1. The fourth-order valence-corrected chi connectivity index (χ4v) is 2.17. The number of amides is 1. The molecule has 0 bridgehead atoms. The Balaban J connectivity index is 2.59. The van der Waals surface area contributed by atoms with Crippen molar-refractivity contribution >= 4 is 21.8 Å². The lowest BCUT2D eigenvalue weighted by Crippen LogP contribution is -2.50. The van der Waals surface area contributed by atoms with Crippen molar-refractivity contribution in [2.45, 2.75) is 25.3 Å². The normalized spacial score (nSPS) is 13.9. The SMILES string of the molecule is COCC(C)(CCO)NC(=O)Cc1ccc(Br)cc1. The van der Waals surface area contributed by atoms with Gasteiger partial charge in [0.15, 0.2) is 0 Å². The Morgan fingerprint density at radius 1 is 1.42 bits per heavy atom. The lowest BCUT2D eigenvalue weighted by molar-refractivity contribution is -0.123. The Labute approximate surface area is 122 Å². The maximum Gasteiger partial charge on any atom is 0.224 e. The molecule has 0 saturated carbocycles. The minimum absolute atomic E-state index is 0.0123. The van der Waals surface area contributed by atoms with Crippen molar-refractivity contribution in [2.24, 2.45) is 0 Å². The summed E-state index contributed by atoms with van der Waals surface area (Å²) in [6.07, 6.45) is 0.783. The standard InChI is InChI=1S/C14H20BrNO3/c1-14(7-8-17,10-19-2)16-13(18)9-11-3-5-12(15)6-4-11/h3-6,17H,7-10H2,1-2H3,(H,16,18). The number of rotatable bonds is 7. The van der Waals surface area contributed by atoms with Crippen molar-refractivity contribution in [3.8, 4) is 0 Å². The van der Waals surface area contributed by atoms with Crippen LogP contribution in [0.3, 0.4) is 0 Å². The van der Waals surface area contributed by atoms with Gasteiger partial charge in [0.2, 0.25) is 5.91 Å². The molecule has 0 aliphatic rings. The van der Waals surface area contributed by atoms with Crippen molar-refractivity contribution in [1.29, 1.82) is 0 Å². The second kappa shape index (κ2) is 7.62. The highest BCUT2D eigenvalue weighted by Gasteiger charge is 2.25. The molecule has 1 atom stereocenters. The fraction of sp³-hybridized carbons (Fsp3) is 0.500. The van der Waals surface area contributed by atoms with E-state index in [1.807, 2.05) is 31.2 Å². The van der Waals surface area contributed by atoms with Crippen LogP contribution in [-0.4, -0.2) is 36.9 Å². The molecule has 0 aliphatic carbocycles. The third kappa shape index (κ3) is 5.72. The topological polar surface area (TPSA) is 58.6 Å².